The zero-order chi connectivity index (χ0) is 14.8. The first-order valence-corrected chi connectivity index (χ1v) is 7.75. The predicted octanol–water partition coefficient (Wildman–Crippen LogP) is 5.27. The number of benzene rings is 1. The number of nitrogens with zero attached hydrogens (tertiary/aromatic N) is 1. The van der Waals surface area contributed by atoms with Crippen LogP contribution in [-0.2, 0) is 0 Å². The molecule has 0 amide bonds. The summed E-state index contributed by atoms with van der Waals surface area (Å²) in [5, 5.41) is 1.24. The Kier molecular flexibility index (Phi) is 3.84. The Morgan fingerprint density at radius 2 is 1.81 bits per heavy atom. The van der Waals surface area contributed by atoms with Crippen LogP contribution in [0.5, 0.6) is 0 Å². The van der Waals surface area contributed by atoms with E-state index in [1.165, 1.54) is 15.6 Å². The lowest BCUT2D eigenvalue weighted by molar-refractivity contribution is 0.485. The molecule has 0 bridgehead atoms. The summed E-state index contributed by atoms with van der Waals surface area (Å²) in [7, 11) is 2.11. The Hall–Kier alpha value is -2.00. The third-order valence-corrected chi connectivity index (χ3v) is 4.55. The number of hydrogen-bond acceptors (Lipinski definition) is 2. The van der Waals surface area contributed by atoms with Crippen LogP contribution in [-0.4, -0.2) is 7.05 Å². The molecule has 1 aromatic carbocycles. The van der Waals surface area contributed by atoms with Gasteiger partial charge in [-0.1, -0.05) is 36.0 Å². The smallest absolute Gasteiger partial charge is 0.327 e. The number of rotatable bonds is 2. The van der Waals surface area contributed by atoms with Gasteiger partial charge >= 0.3 is 11.5 Å². The third-order valence-electron chi connectivity index (χ3n) is 3.36. The number of fused-ring (bicyclic) bond motifs is 1. The molecule has 2 heterocycles. The van der Waals surface area contributed by atoms with Crippen molar-refractivity contribution in [1.82, 2.24) is 0 Å². The summed E-state index contributed by atoms with van der Waals surface area (Å²) in [6.07, 6.45) is 6.36. The second-order valence-electron chi connectivity index (χ2n) is 5.10. The molecule has 1 aromatic heterocycles. The van der Waals surface area contributed by atoms with Gasteiger partial charge in [-0.15, -0.1) is 0 Å². The van der Waals surface area contributed by atoms with Crippen LogP contribution < -0.4 is 4.90 Å². The molecule has 0 fully saturated rings. The maximum atomic E-state index is 5.50. The zero-order valence-electron chi connectivity index (χ0n) is 12.5. The van der Waals surface area contributed by atoms with Crippen LogP contribution in [0.4, 0.5) is 5.69 Å². The number of hydrogen-bond donors (Lipinski definition) is 0. The molecule has 3 rings (SSSR count). The first kappa shape index (κ1) is 14.0. The van der Waals surface area contributed by atoms with Crippen molar-refractivity contribution in [2.75, 3.05) is 11.9 Å². The third kappa shape index (κ3) is 3.03. The van der Waals surface area contributed by atoms with Crippen molar-refractivity contribution in [3.8, 4) is 0 Å². The first-order chi connectivity index (χ1) is 10.1. The van der Waals surface area contributed by atoms with Crippen LogP contribution in [0.25, 0.3) is 6.08 Å². The van der Waals surface area contributed by atoms with E-state index in [0.717, 1.165) is 17.1 Å². The number of thioether (sulfide) groups is 1. The van der Waals surface area contributed by atoms with Crippen molar-refractivity contribution in [1.29, 1.82) is 0 Å². The molecule has 0 N–H and O–H groups in total. The Morgan fingerprint density at radius 1 is 1.10 bits per heavy atom. The fourth-order valence-corrected chi connectivity index (χ4v) is 3.49. The van der Waals surface area contributed by atoms with E-state index >= 15 is 0 Å². The minimum Gasteiger partial charge on any atom is -0.338 e. The number of para-hydroxylation sites is 1. The summed E-state index contributed by atoms with van der Waals surface area (Å²) < 4.78 is 5.50. The maximum Gasteiger partial charge on any atom is 0.327 e. The van der Waals surface area contributed by atoms with Gasteiger partial charge < -0.3 is 4.90 Å². The highest BCUT2D eigenvalue weighted by molar-refractivity contribution is 8.03. The molecule has 0 unspecified atom stereocenters. The fraction of sp³-hybridized carbons (Fsp3) is 0.167. The highest BCUT2D eigenvalue weighted by atomic mass is 32.2. The molecule has 2 aromatic rings. The molecule has 0 radical (unpaired) electrons. The van der Waals surface area contributed by atoms with E-state index in [1.54, 1.807) is 11.8 Å². The van der Waals surface area contributed by atoms with E-state index in [-0.39, 0.29) is 0 Å². The lowest BCUT2D eigenvalue weighted by Gasteiger charge is -2.12. The quantitative estimate of drug-likeness (QED) is 0.701. The van der Waals surface area contributed by atoms with Gasteiger partial charge in [0.1, 0.15) is 0 Å². The fourth-order valence-electron chi connectivity index (χ4n) is 2.43. The topological polar surface area (TPSA) is 14.5 Å². The predicted molar refractivity (Wildman–Crippen MR) is 90.4 cm³/mol. The van der Waals surface area contributed by atoms with Gasteiger partial charge in [-0.05, 0) is 23.8 Å². The summed E-state index contributed by atoms with van der Waals surface area (Å²) in [6.45, 7) is 3.94. The number of allylic oxidation sites excluding steroid dienone is 2. The van der Waals surface area contributed by atoms with Crippen molar-refractivity contribution in [2.24, 2.45) is 0 Å². The molecule has 1 aliphatic heterocycles. The Balaban J connectivity index is 1.80. The molecular weight excluding hydrogens is 278 g/mol. The minimum absolute atomic E-state index is 0.932. The lowest BCUT2D eigenvalue weighted by Crippen LogP contribution is -2.08. The molecule has 0 aliphatic carbocycles. The molecule has 2 nitrogen and oxygen atoms in total. The van der Waals surface area contributed by atoms with Crippen molar-refractivity contribution in [2.45, 2.75) is 18.7 Å². The van der Waals surface area contributed by atoms with Gasteiger partial charge in [0, 0.05) is 24.1 Å². The molecule has 0 saturated heterocycles. The maximum absolute atomic E-state index is 5.50. The first-order valence-electron chi connectivity index (χ1n) is 6.94. The van der Waals surface area contributed by atoms with Crippen LogP contribution in [0.2, 0.25) is 0 Å². The van der Waals surface area contributed by atoms with Gasteiger partial charge in [-0.2, -0.15) is 0 Å². The van der Waals surface area contributed by atoms with Crippen LogP contribution in [0.1, 0.15) is 17.1 Å². The molecule has 21 heavy (non-hydrogen) atoms. The van der Waals surface area contributed by atoms with E-state index in [2.05, 4.69) is 54.4 Å². The molecule has 0 atom stereocenters. The average Bonchev–Trinajstić information content (AvgIpc) is 2.75. The highest BCUT2D eigenvalue weighted by Crippen LogP contribution is 2.44. The van der Waals surface area contributed by atoms with Gasteiger partial charge in [0.25, 0.3) is 0 Å². The van der Waals surface area contributed by atoms with Gasteiger partial charge in [-0.3, -0.25) is 0 Å². The molecule has 106 valence electrons. The van der Waals surface area contributed by atoms with Crippen LogP contribution in [0.15, 0.2) is 62.9 Å². The Labute approximate surface area is 129 Å². The van der Waals surface area contributed by atoms with E-state index < -0.39 is 0 Å². The van der Waals surface area contributed by atoms with Crippen LogP contribution in [0, 0.1) is 13.8 Å². The van der Waals surface area contributed by atoms with E-state index in [9.17, 15) is 0 Å². The van der Waals surface area contributed by atoms with Crippen LogP contribution in [0.3, 0.4) is 0 Å². The SMILES string of the molecule is Cc1cc(/C=C/C=C2\Sc3ccccc3N2C)cc(C)[o+]1. The zero-order valence-corrected chi connectivity index (χ0v) is 13.3. The molecule has 1 aliphatic rings. The second kappa shape index (κ2) is 5.78. The van der Waals surface area contributed by atoms with Crippen molar-refractivity contribution < 1.29 is 4.42 Å². The van der Waals surface area contributed by atoms with Gasteiger partial charge in [0.15, 0.2) is 0 Å². The molecule has 3 heteroatoms. The van der Waals surface area contributed by atoms with Gasteiger partial charge in [0.05, 0.1) is 24.6 Å². The number of aryl methyl sites for hydroxylation is 2. The van der Waals surface area contributed by atoms with E-state index in [1.807, 2.05) is 26.0 Å². The number of anilines is 1. The van der Waals surface area contributed by atoms with E-state index in [0.29, 0.717) is 0 Å². The molecule has 0 saturated carbocycles. The molecular formula is C18H18NOS+. The monoisotopic (exact) mass is 296 g/mol. The second-order valence-corrected chi connectivity index (χ2v) is 6.17. The van der Waals surface area contributed by atoms with Gasteiger partial charge in [0.2, 0.25) is 0 Å². The van der Waals surface area contributed by atoms with Gasteiger partial charge in [-0.25, -0.2) is 4.42 Å². The van der Waals surface area contributed by atoms with E-state index in [4.69, 9.17) is 4.42 Å². The van der Waals surface area contributed by atoms with Crippen molar-refractivity contribution in [3.63, 3.8) is 0 Å². The Bertz CT molecular complexity index is 713. The standard InChI is InChI=1S/C18H18NOS/c1-13-11-15(12-14(2)20-13)7-6-10-18-19(3)16-8-4-5-9-17(16)21-18/h4-12H,1-3H3/q+1/b7-6+,18-10-. The summed E-state index contributed by atoms with van der Waals surface area (Å²) in [4.78, 5) is 3.53. The van der Waals surface area contributed by atoms with Crippen LogP contribution >= 0.6 is 11.8 Å². The molecule has 0 spiro atoms. The van der Waals surface area contributed by atoms with Crippen molar-refractivity contribution >= 4 is 23.5 Å². The summed E-state index contributed by atoms with van der Waals surface area (Å²) >= 11 is 1.80. The normalized spacial score (nSPS) is 16.0. The minimum atomic E-state index is 0.932. The summed E-state index contributed by atoms with van der Waals surface area (Å²) in [6, 6.07) is 12.6. The Morgan fingerprint density at radius 3 is 2.52 bits per heavy atom. The summed E-state index contributed by atoms with van der Waals surface area (Å²) in [5.41, 5.74) is 2.43. The highest BCUT2D eigenvalue weighted by Gasteiger charge is 2.20. The largest absolute Gasteiger partial charge is 0.338 e. The lowest BCUT2D eigenvalue weighted by atomic mass is 10.2. The summed E-state index contributed by atoms with van der Waals surface area (Å²) in [5.74, 6) is 1.86. The van der Waals surface area contributed by atoms with Crippen molar-refractivity contribution in [3.05, 3.63) is 70.7 Å². The average molecular weight is 296 g/mol.